The maximum atomic E-state index is 10.0. The molecule has 0 aromatic carbocycles. The van der Waals surface area contributed by atoms with Gasteiger partial charge in [-0.25, -0.2) is 0 Å². The minimum Gasteiger partial charge on any atom is -0.548 e. The second kappa shape index (κ2) is 11.5. The van der Waals surface area contributed by atoms with Crippen LogP contribution in [0.4, 0.5) is 0 Å². The second-order valence-electron chi connectivity index (χ2n) is 5.69. The monoisotopic (exact) mass is 303 g/mol. The SMILES string of the molecule is CCCCC[P+](CC)(CC)CC.O=C([O-])[C@@H]1CCCN1. The van der Waals surface area contributed by atoms with Crippen molar-refractivity contribution >= 4 is 13.2 Å². The maximum Gasteiger partial charge on any atom is 0.0594 e. The van der Waals surface area contributed by atoms with Crippen LogP contribution >= 0.6 is 7.26 Å². The zero-order chi connectivity index (χ0) is 15.4. The molecule has 1 N–H and O–H groups in total. The zero-order valence-corrected chi connectivity index (χ0v) is 14.8. The molecule has 0 aromatic heterocycles. The minimum atomic E-state index is -0.970. The highest BCUT2D eigenvalue weighted by atomic mass is 31.2. The Morgan fingerprint density at radius 2 is 1.75 bits per heavy atom. The Morgan fingerprint density at radius 1 is 1.15 bits per heavy atom. The Morgan fingerprint density at radius 3 is 2.05 bits per heavy atom. The van der Waals surface area contributed by atoms with Crippen molar-refractivity contribution in [2.24, 2.45) is 0 Å². The van der Waals surface area contributed by atoms with E-state index in [2.05, 4.69) is 33.0 Å². The molecule has 1 aliphatic heterocycles. The summed E-state index contributed by atoms with van der Waals surface area (Å²) in [6, 6.07) is -0.380. The van der Waals surface area contributed by atoms with Crippen LogP contribution in [0.15, 0.2) is 0 Å². The third-order valence-corrected chi connectivity index (χ3v) is 9.88. The first-order chi connectivity index (χ1) is 9.55. The molecule has 1 atom stereocenters. The number of aliphatic carboxylic acids is 1. The van der Waals surface area contributed by atoms with Crippen molar-refractivity contribution in [2.75, 3.05) is 31.2 Å². The Balaban J connectivity index is 0.000000388. The van der Waals surface area contributed by atoms with Crippen molar-refractivity contribution in [1.82, 2.24) is 5.32 Å². The molecule has 0 bridgehead atoms. The molecule has 1 saturated heterocycles. The van der Waals surface area contributed by atoms with E-state index in [1.54, 1.807) is 6.16 Å². The summed E-state index contributed by atoms with van der Waals surface area (Å²) in [5.41, 5.74) is 0. The fourth-order valence-corrected chi connectivity index (χ4v) is 5.91. The van der Waals surface area contributed by atoms with E-state index in [1.165, 1.54) is 37.7 Å². The normalized spacial score (nSPS) is 18.5. The quantitative estimate of drug-likeness (QED) is 0.554. The lowest BCUT2D eigenvalue weighted by Crippen LogP contribution is -2.41. The standard InChI is InChI=1S/C11H26P.C5H9NO2/c1-5-9-10-11-12(6-2,7-3)8-4;7-5(8)4-2-1-3-6-4/h5-11H2,1-4H3;4,6H,1-3H2,(H,7,8)/q+1;/p-1/t;4-/m.0/s1. The summed E-state index contributed by atoms with van der Waals surface area (Å²) in [7, 11) is -0.469. The van der Waals surface area contributed by atoms with Crippen molar-refractivity contribution in [2.45, 2.75) is 65.8 Å². The van der Waals surface area contributed by atoms with Crippen molar-refractivity contribution in [1.29, 1.82) is 0 Å². The Bertz CT molecular complexity index is 241. The number of carboxylic acids is 1. The predicted molar refractivity (Wildman–Crippen MR) is 89.0 cm³/mol. The van der Waals surface area contributed by atoms with Crippen LogP contribution in [-0.4, -0.2) is 43.2 Å². The lowest BCUT2D eigenvalue weighted by Gasteiger charge is -2.23. The number of rotatable bonds is 8. The van der Waals surface area contributed by atoms with E-state index in [1.807, 2.05) is 0 Å². The number of carbonyl (C=O) groups excluding carboxylic acids is 1. The van der Waals surface area contributed by atoms with Gasteiger partial charge in [-0.05, 0) is 46.6 Å². The first-order valence-electron chi connectivity index (χ1n) is 8.34. The van der Waals surface area contributed by atoms with Crippen molar-refractivity contribution in [3.05, 3.63) is 0 Å². The summed E-state index contributed by atoms with van der Waals surface area (Å²) >= 11 is 0. The van der Waals surface area contributed by atoms with Crippen LogP contribution in [-0.2, 0) is 4.79 Å². The summed E-state index contributed by atoms with van der Waals surface area (Å²) in [4.78, 5) is 10.0. The Labute approximate surface area is 126 Å². The van der Waals surface area contributed by atoms with Gasteiger partial charge in [-0.2, -0.15) is 0 Å². The number of carbonyl (C=O) groups is 1. The van der Waals surface area contributed by atoms with Crippen LogP contribution in [0, 0.1) is 0 Å². The molecule has 1 rings (SSSR count). The molecular weight excluding hydrogens is 269 g/mol. The number of unbranched alkanes of at least 4 members (excludes halogenated alkanes) is 2. The Hall–Kier alpha value is -0.140. The fourth-order valence-electron chi connectivity index (χ4n) is 2.73. The molecule has 4 heteroatoms. The molecule has 120 valence electrons. The van der Waals surface area contributed by atoms with Gasteiger partial charge >= 0.3 is 0 Å². The smallest absolute Gasteiger partial charge is 0.0594 e. The first-order valence-corrected chi connectivity index (χ1v) is 10.9. The molecule has 0 radical (unpaired) electrons. The number of hydrogen-bond acceptors (Lipinski definition) is 3. The van der Waals surface area contributed by atoms with Gasteiger partial charge < -0.3 is 15.2 Å². The first kappa shape index (κ1) is 19.9. The van der Waals surface area contributed by atoms with E-state index in [0.29, 0.717) is 0 Å². The predicted octanol–water partition coefficient (Wildman–Crippen LogP) is 2.74. The van der Waals surface area contributed by atoms with Gasteiger partial charge in [-0.15, -0.1) is 0 Å². The van der Waals surface area contributed by atoms with E-state index in [4.69, 9.17) is 0 Å². The summed E-state index contributed by atoms with van der Waals surface area (Å²) < 4.78 is 0. The molecule has 0 spiro atoms. The van der Waals surface area contributed by atoms with Crippen molar-refractivity contribution in [3.63, 3.8) is 0 Å². The van der Waals surface area contributed by atoms with Gasteiger partial charge in [-0.3, -0.25) is 0 Å². The van der Waals surface area contributed by atoms with E-state index < -0.39 is 13.2 Å². The third-order valence-electron chi connectivity index (χ3n) is 4.59. The van der Waals surface area contributed by atoms with Crippen LogP contribution in [0.2, 0.25) is 0 Å². The molecule has 0 aromatic rings. The molecular formula is C16H34NO2P. The van der Waals surface area contributed by atoms with Crippen LogP contribution in [0.25, 0.3) is 0 Å². The van der Waals surface area contributed by atoms with Crippen LogP contribution in [0.5, 0.6) is 0 Å². The molecule has 0 amide bonds. The van der Waals surface area contributed by atoms with Crippen molar-refractivity contribution < 1.29 is 9.90 Å². The molecule has 1 fully saturated rings. The molecule has 0 aliphatic carbocycles. The topological polar surface area (TPSA) is 52.2 Å². The fraction of sp³-hybridized carbons (Fsp3) is 0.938. The largest absolute Gasteiger partial charge is 0.548 e. The van der Waals surface area contributed by atoms with Crippen LogP contribution in [0.1, 0.15) is 59.8 Å². The number of carboxylic acid groups (broad SMARTS) is 1. The summed E-state index contributed by atoms with van der Waals surface area (Å²) in [6.45, 7) is 10.3. The average Bonchev–Trinajstić information content (AvgIpc) is 2.99. The van der Waals surface area contributed by atoms with E-state index in [-0.39, 0.29) is 6.04 Å². The van der Waals surface area contributed by atoms with Gasteiger partial charge in [0.15, 0.2) is 0 Å². The van der Waals surface area contributed by atoms with E-state index in [9.17, 15) is 9.90 Å². The van der Waals surface area contributed by atoms with Crippen LogP contribution in [0.3, 0.4) is 0 Å². The number of nitrogens with one attached hydrogen (secondary N) is 1. The average molecular weight is 303 g/mol. The van der Waals surface area contributed by atoms with E-state index in [0.717, 1.165) is 19.4 Å². The van der Waals surface area contributed by atoms with Gasteiger partial charge in [0.25, 0.3) is 0 Å². The van der Waals surface area contributed by atoms with Gasteiger partial charge in [0.05, 0.1) is 30.6 Å². The van der Waals surface area contributed by atoms with Gasteiger partial charge in [0, 0.05) is 13.3 Å². The molecule has 1 aliphatic rings. The molecule has 3 nitrogen and oxygen atoms in total. The van der Waals surface area contributed by atoms with Crippen LogP contribution < -0.4 is 10.4 Å². The highest BCUT2D eigenvalue weighted by Crippen LogP contribution is 2.58. The second-order valence-corrected chi connectivity index (χ2v) is 10.7. The zero-order valence-electron chi connectivity index (χ0n) is 13.9. The highest BCUT2D eigenvalue weighted by Gasteiger charge is 2.29. The van der Waals surface area contributed by atoms with Gasteiger partial charge in [0.1, 0.15) is 0 Å². The molecule has 1 heterocycles. The van der Waals surface area contributed by atoms with Gasteiger partial charge in [-0.1, -0.05) is 19.8 Å². The molecule has 0 saturated carbocycles. The van der Waals surface area contributed by atoms with E-state index >= 15 is 0 Å². The highest BCUT2D eigenvalue weighted by molar-refractivity contribution is 7.75. The van der Waals surface area contributed by atoms with Crippen molar-refractivity contribution in [3.8, 4) is 0 Å². The minimum absolute atomic E-state index is 0.380. The number of hydrogen-bond donors (Lipinski definition) is 1. The lowest BCUT2D eigenvalue weighted by molar-refractivity contribution is -0.308. The maximum absolute atomic E-state index is 10.0. The third kappa shape index (κ3) is 7.59. The lowest BCUT2D eigenvalue weighted by atomic mass is 10.2. The molecule has 20 heavy (non-hydrogen) atoms. The molecule has 0 unspecified atom stereocenters. The summed E-state index contributed by atoms with van der Waals surface area (Å²) in [5, 5.41) is 12.8. The summed E-state index contributed by atoms with van der Waals surface area (Å²) in [6.07, 6.45) is 12.0. The Kier molecular flexibility index (Phi) is 11.4. The summed E-state index contributed by atoms with van der Waals surface area (Å²) in [5.74, 6) is -0.970. The van der Waals surface area contributed by atoms with Gasteiger partial charge in [0.2, 0.25) is 0 Å².